The van der Waals surface area contributed by atoms with Gasteiger partial charge in [0.25, 0.3) is 0 Å². The van der Waals surface area contributed by atoms with Gasteiger partial charge in [0.15, 0.2) is 0 Å². The summed E-state index contributed by atoms with van der Waals surface area (Å²) >= 11 is 5.70. The number of rotatable bonds is 3. The molecule has 0 spiro atoms. The maximum absolute atomic E-state index is 4.93. The van der Waals surface area contributed by atoms with Crippen molar-refractivity contribution in [2.75, 3.05) is 18.1 Å². The third-order valence-corrected chi connectivity index (χ3v) is 6.25. The zero-order valence-electron chi connectivity index (χ0n) is 11.3. The van der Waals surface area contributed by atoms with E-state index in [0.717, 1.165) is 16.1 Å². The van der Waals surface area contributed by atoms with Crippen LogP contribution in [0.5, 0.6) is 0 Å². The highest BCUT2D eigenvalue weighted by atomic mass is 79.9. The predicted molar refractivity (Wildman–Crippen MR) is 84.9 cm³/mol. The van der Waals surface area contributed by atoms with Crippen LogP contribution in [-0.4, -0.2) is 22.8 Å². The van der Waals surface area contributed by atoms with Crippen molar-refractivity contribution >= 4 is 33.5 Å². The zero-order chi connectivity index (χ0) is 13.2. The molecule has 1 atom stereocenters. The highest BCUT2D eigenvalue weighted by Crippen LogP contribution is 2.43. The van der Waals surface area contributed by atoms with Gasteiger partial charge in [-0.2, -0.15) is 11.8 Å². The number of nitrogens with zero attached hydrogens (tertiary/aromatic N) is 2. The number of halogens is 1. The average molecular weight is 342 g/mol. The smallest absolute Gasteiger partial charge is 0.144 e. The molecule has 1 aliphatic carbocycles. The van der Waals surface area contributed by atoms with Crippen molar-refractivity contribution in [2.24, 2.45) is 0 Å². The Morgan fingerprint density at radius 2 is 1.95 bits per heavy atom. The molecule has 1 saturated heterocycles. The lowest BCUT2D eigenvalue weighted by molar-refractivity contribution is 0.671. The van der Waals surface area contributed by atoms with Gasteiger partial charge in [-0.1, -0.05) is 12.8 Å². The summed E-state index contributed by atoms with van der Waals surface area (Å²) in [4.78, 5) is 9.64. The molecule has 0 radical (unpaired) electrons. The Morgan fingerprint density at radius 3 is 2.58 bits per heavy atom. The molecule has 19 heavy (non-hydrogen) atoms. The lowest BCUT2D eigenvalue weighted by Gasteiger charge is -2.17. The molecule has 0 amide bonds. The first-order valence-electron chi connectivity index (χ1n) is 7.16. The second-order valence-corrected chi connectivity index (χ2v) is 7.47. The van der Waals surface area contributed by atoms with E-state index in [1.54, 1.807) is 0 Å². The van der Waals surface area contributed by atoms with E-state index in [0.29, 0.717) is 11.2 Å². The second kappa shape index (κ2) is 6.00. The number of nitrogens with one attached hydrogen (secondary N) is 1. The molecular weight excluding hydrogens is 322 g/mol. The van der Waals surface area contributed by atoms with Gasteiger partial charge in [0.1, 0.15) is 11.6 Å². The lowest BCUT2D eigenvalue weighted by Crippen LogP contribution is -2.09. The highest BCUT2D eigenvalue weighted by Gasteiger charge is 2.27. The van der Waals surface area contributed by atoms with Gasteiger partial charge in [-0.3, -0.25) is 0 Å². The fourth-order valence-electron chi connectivity index (χ4n) is 3.04. The Morgan fingerprint density at radius 1 is 1.16 bits per heavy atom. The Balaban J connectivity index is 1.98. The minimum absolute atomic E-state index is 0.500. The molecule has 1 N–H and O–H groups in total. The fraction of sp³-hybridized carbons (Fsp3) is 0.714. The Labute approximate surface area is 127 Å². The summed E-state index contributed by atoms with van der Waals surface area (Å²) in [6, 6.07) is 0. The molecule has 1 aromatic rings. The summed E-state index contributed by atoms with van der Waals surface area (Å²) in [6.45, 7) is 0. The van der Waals surface area contributed by atoms with E-state index < -0.39 is 0 Å². The fourth-order valence-corrected chi connectivity index (χ4v) is 4.95. The summed E-state index contributed by atoms with van der Waals surface area (Å²) in [5.74, 6) is 3.86. The molecule has 1 aromatic heterocycles. The first-order valence-corrected chi connectivity index (χ1v) is 9.00. The van der Waals surface area contributed by atoms with Crippen molar-refractivity contribution in [3.8, 4) is 0 Å². The highest BCUT2D eigenvalue weighted by molar-refractivity contribution is 9.10. The molecule has 1 aliphatic heterocycles. The van der Waals surface area contributed by atoms with Gasteiger partial charge < -0.3 is 5.32 Å². The second-order valence-electron chi connectivity index (χ2n) is 5.36. The van der Waals surface area contributed by atoms with E-state index in [4.69, 9.17) is 9.97 Å². The SMILES string of the molecule is CNc1nc(C2CCCS2)nc(C2CCCC2)c1Br. The molecule has 1 saturated carbocycles. The third-order valence-electron chi connectivity index (χ3n) is 4.09. The monoisotopic (exact) mass is 341 g/mol. The van der Waals surface area contributed by atoms with Crippen molar-refractivity contribution in [1.82, 2.24) is 9.97 Å². The van der Waals surface area contributed by atoms with E-state index in [-0.39, 0.29) is 0 Å². The maximum Gasteiger partial charge on any atom is 0.144 e. The normalized spacial score (nSPS) is 24.0. The van der Waals surface area contributed by atoms with Gasteiger partial charge in [0.05, 0.1) is 15.4 Å². The molecule has 1 unspecified atom stereocenters. The van der Waals surface area contributed by atoms with Crippen molar-refractivity contribution in [2.45, 2.75) is 49.7 Å². The lowest BCUT2D eigenvalue weighted by atomic mass is 10.0. The van der Waals surface area contributed by atoms with Gasteiger partial charge in [-0.05, 0) is 47.4 Å². The zero-order valence-corrected chi connectivity index (χ0v) is 13.7. The van der Waals surface area contributed by atoms with Gasteiger partial charge in [0, 0.05) is 13.0 Å². The topological polar surface area (TPSA) is 37.8 Å². The van der Waals surface area contributed by atoms with Gasteiger partial charge >= 0.3 is 0 Å². The number of anilines is 1. The van der Waals surface area contributed by atoms with Crippen molar-refractivity contribution in [3.63, 3.8) is 0 Å². The molecule has 3 rings (SSSR count). The molecule has 3 nitrogen and oxygen atoms in total. The molecule has 2 heterocycles. The average Bonchev–Trinajstić information content (AvgIpc) is 3.12. The minimum atomic E-state index is 0.500. The molecule has 5 heteroatoms. The largest absolute Gasteiger partial charge is 0.372 e. The van der Waals surface area contributed by atoms with Crippen LogP contribution in [0.1, 0.15) is 61.2 Å². The number of thioether (sulfide) groups is 1. The summed E-state index contributed by atoms with van der Waals surface area (Å²) < 4.78 is 1.08. The molecule has 0 aromatic carbocycles. The first-order chi connectivity index (χ1) is 9.29. The summed E-state index contributed by atoms with van der Waals surface area (Å²) in [5, 5.41) is 3.72. The van der Waals surface area contributed by atoms with Crippen LogP contribution < -0.4 is 5.32 Å². The standard InChI is InChI=1S/C14H20BrN3S/c1-16-14-11(15)12(9-5-2-3-6-9)17-13(18-14)10-7-4-8-19-10/h9-10H,2-8H2,1H3,(H,16,17,18). The van der Waals surface area contributed by atoms with Gasteiger partial charge in [0.2, 0.25) is 0 Å². The molecule has 104 valence electrons. The van der Waals surface area contributed by atoms with Gasteiger partial charge in [-0.15, -0.1) is 0 Å². The van der Waals surface area contributed by atoms with Crippen LogP contribution in [0.4, 0.5) is 5.82 Å². The first kappa shape index (κ1) is 13.7. The van der Waals surface area contributed by atoms with Crippen LogP contribution in [0.25, 0.3) is 0 Å². The predicted octanol–water partition coefficient (Wildman–Crippen LogP) is 4.51. The quantitative estimate of drug-likeness (QED) is 0.877. The van der Waals surface area contributed by atoms with Crippen molar-refractivity contribution < 1.29 is 0 Å². The number of hydrogen-bond acceptors (Lipinski definition) is 4. The van der Waals surface area contributed by atoms with Crippen molar-refractivity contribution in [1.29, 1.82) is 0 Å². The van der Waals surface area contributed by atoms with E-state index in [1.807, 2.05) is 18.8 Å². The molecule has 2 aliphatic rings. The van der Waals surface area contributed by atoms with Crippen LogP contribution in [0.15, 0.2) is 4.47 Å². The van der Waals surface area contributed by atoms with Crippen molar-refractivity contribution in [3.05, 3.63) is 16.0 Å². The van der Waals surface area contributed by atoms with Crippen LogP contribution >= 0.6 is 27.7 Å². The summed E-state index contributed by atoms with van der Waals surface area (Å²) in [7, 11) is 1.94. The minimum Gasteiger partial charge on any atom is -0.372 e. The number of hydrogen-bond donors (Lipinski definition) is 1. The van der Waals surface area contributed by atoms with Gasteiger partial charge in [-0.25, -0.2) is 9.97 Å². The molecular formula is C14H20BrN3S. The van der Waals surface area contributed by atoms with Crippen LogP contribution in [0.3, 0.4) is 0 Å². The summed E-state index contributed by atoms with van der Waals surface area (Å²) in [5.41, 5.74) is 1.24. The van der Waals surface area contributed by atoms with Crippen LogP contribution in [0, 0.1) is 0 Å². The molecule has 0 bridgehead atoms. The van der Waals surface area contributed by atoms with Crippen LogP contribution in [-0.2, 0) is 0 Å². The number of aromatic nitrogens is 2. The van der Waals surface area contributed by atoms with E-state index in [1.165, 1.54) is 50.0 Å². The Bertz CT molecular complexity index is 454. The third kappa shape index (κ3) is 2.77. The van der Waals surface area contributed by atoms with E-state index in [2.05, 4.69) is 21.2 Å². The molecule has 2 fully saturated rings. The summed E-state index contributed by atoms with van der Waals surface area (Å²) in [6.07, 6.45) is 7.74. The maximum atomic E-state index is 4.93. The van der Waals surface area contributed by atoms with E-state index in [9.17, 15) is 0 Å². The Kier molecular flexibility index (Phi) is 4.32. The van der Waals surface area contributed by atoms with E-state index >= 15 is 0 Å². The van der Waals surface area contributed by atoms with Crippen LogP contribution in [0.2, 0.25) is 0 Å². The Hall–Kier alpha value is -0.290.